The first-order valence-corrected chi connectivity index (χ1v) is 4.61. The van der Waals surface area contributed by atoms with Crippen molar-refractivity contribution in [3.05, 3.63) is 24.3 Å². The van der Waals surface area contributed by atoms with Gasteiger partial charge in [0, 0.05) is 6.20 Å². The molecule has 3 N–H and O–H groups in total. The predicted octanol–water partition coefficient (Wildman–Crippen LogP) is -0.251. The van der Waals surface area contributed by atoms with Crippen LogP contribution in [0.25, 0.3) is 0 Å². The second kappa shape index (κ2) is 5.64. The molecule has 0 saturated heterocycles. The third-order valence-electron chi connectivity index (χ3n) is 1.79. The predicted molar refractivity (Wildman–Crippen MR) is 54.5 cm³/mol. The maximum Gasteiger partial charge on any atom is 0.325 e. The maximum absolute atomic E-state index is 11.2. The number of amides is 2. The van der Waals surface area contributed by atoms with E-state index in [0.29, 0.717) is 5.69 Å². The Balaban J connectivity index is 2.33. The number of rotatable bonds is 4. The van der Waals surface area contributed by atoms with E-state index in [1.54, 1.807) is 12.3 Å². The molecule has 16 heavy (non-hydrogen) atoms. The van der Waals surface area contributed by atoms with E-state index in [9.17, 15) is 9.59 Å². The number of aliphatic carboxylic acids is 1. The van der Waals surface area contributed by atoms with Gasteiger partial charge in [-0.1, -0.05) is 0 Å². The van der Waals surface area contributed by atoms with Gasteiger partial charge < -0.3 is 15.7 Å². The lowest BCUT2D eigenvalue weighted by atomic mass is 10.3. The van der Waals surface area contributed by atoms with Gasteiger partial charge in [0.15, 0.2) is 0 Å². The lowest BCUT2D eigenvalue weighted by Crippen LogP contribution is -2.44. The van der Waals surface area contributed by atoms with Crippen molar-refractivity contribution in [3.8, 4) is 0 Å². The lowest BCUT2D eigenvalue weighted by molar-refractivity contribution is -0.138. The summed E-state index contributed by atoms with van der Waals surface area (Å²) >= 11 is 0. The number of urea groups is 1. The van der Waals surface area contributed by atoms with Crippen LogP contribution in [-0.4, -0.2) is 33.1 Å². The highest BCUT2D eigenvalue weighted by Crippen LogP contribution is 1.89. The Bertz CT molecular complexity index is 368. The normalized spacial score (nSPS) is 11.6. The molecule has 1 aromatic rings. The third-order valence-corrected chi connectivity index (χ3v) is 1.79. The smallest absolute Gasteiger partial charge is 0.325 e. The Morgan fingerprint density at radius 2 is 2.31 bits per heavy atom. The molecule has 7 heteroatoms. The Labute approximate surface area is 91.9 Å². The van der Waals surface area contributed by atoms with Crippen LogP contribution in [0, 0.1) is 0 Å². The zero-order valence-corrected chi connectivity index (χ0v) is 8.67. The second-order valence-corrected chi connectivity index (χ2v) is 3.09. The van der Waals surface area contributed by atoms with Crippen LogP contribution in [0.3, 0.4) is 0 Å². The fourth-order valence-corrected chi connectivity index (χ4v) is 0.903. The molecule has 0 aliphatic carbocycles. The van der Waals surface area contributed by atoms with Crippen LogP contribution in [0.1, 0.15) is 12.6 Å². The zero-order valence-electron chi connectivity index (χ0n) is 8.67. The number of carboxylic acids is 1. The van der Waals surface area contributed by atoms with Gasteiger partial charge in [-0.3, -0.25) is 4.79 Å². The van der Waals surface area contributed by atoms with Crippen LogP contribution < -0.4 is 10.6 Å². The highest BCUT2D eigenvalue weighted by atomic mass is 16.4. The summed E-state index contributed by atoms with van der Waals surface area (Å²) in [5.41, 5.74) is 0.646. The molecule has 0 aliphatic heterocycles. The van der Waals surface area contributed by atoms with Gasteiger partial charge in [0.25, 0.3) is 0 Å². The van der Waals surface area contributed by atoms with Crippen LogP contribution in [-0.2, 0) is 11.3 Å². The SMILES string of the molecule is C[C@@H](NC(=O)NCc1ccncn1)C(=O)O. The number of nitrogens with one attached hydrogen (secondary N) is 2. The van der Waals surface area contributed by atoms with Crippen molar-refractivity contribution < 1.29 is 14.7 Å². The minimum absolute atomic E-state index is 0.223. The Morgan fingerprint density at radius 1 is 1.56 bits per heavy atom. The number of carbonyl (C=O) groups is 2. The number of aromatic nitrogens is 2. The first-order chi connectivity index (χ1) is 7.59. The average Bonchev–Trinajstić information content (AvgIpc) is 2.27. The number of hydrogen-bond donors (Lipinski definition) is 3. The van der Waals surface area contributed by atoms with Gasteiger partial charge in [0.2, 0.25) is 0 Å². The van der Waals surface area contributed by atoms with Crippen LogP contribution in [0.2, 0.25) is 0 Å². The van der Waals surface area contributed by atoms with E-state index in [2.05, 4.69) is 20.6 Å². The van der Waals surface area contributed by atoms with Gasteiger partial charge in [0.05, 0.1) is 12.2 Å². The summed E-state index contributed by atoms with van der Waals surface area (Å²) in [6, 6.07) is 0.180. The van der Waals surface area contributed by atoms with Crippen molar-refractivity contribution in [3.63, 3.8) is 0 Å². The molecule has 0 radical (unpaired) electrons. The molecule has 2 amide bonds. The molecular weight excluding hydrogens is 212 g/mol. The molecule has 7 nitrogen and oxygen atoms in total. The standard InChI is InChI=1S/C9H12N4O3/c1-6(8(14)15)13-9(16)11-4-7-2-3-10-5-12-7/h2-3,5-6H,4H2,1H3,(H,14,15)(H2,11,13,16)/t6-/m1/s1. The molecule has 0 spiro atoms. The highest BCUT2D eigenvalue weighted by molar-refractivity contribution is 5.82. The van der Waals surface area contributed by atoms with Crippen LogP contribution in [0.15, 0.2) is 18.6 Å². The van der Waals surface area contributed by atoms with Gasteiger partial charge in [-0.15, -0.1) is 0 Å². The van der Waals surface area contributed by atoms with Gasteiger partial charge in [0.1, 0.15) is 12.4 Å². The van der Waals surface area contributed by atoms with Crippen LogP contribution >= 0.6 is 0 Å². The first kappa shape index (κ1) is 11.9. The van der Waals surface area contributed by atoms with E-state index in [0.717, 1.165) is 0 Å². The third kappa shape index (κ3) is 3.91. The molecule has 86 valence electrons. The van der Waals surface area contributed by atoms with Crippen molar-refractivity contribution >= 4 is 12.0 Å². The topological polar surface area (TPSA) is 104 Å². The van der Waals surface area contributed by atoms with Crippen molar-refractivity contribution in [2.45, 2.75) is 19.5 Å². The number of carboxylic acid groups (broad SMARTS) is 1. The van der Waals surface area contributed by atoms with E-state index in [-0.39, 0.29) is 6.54 Å². The first-order valence-electron chi connectivity index (χ1n) is 4.61. The van der Waals surface area contributed by atoms with Gasteiger partial charge in [-0.2, -0.15) is 0 Å². The Morgan fingerprint density at radius 3 is 2.88 bits per heavy atom. The van der Waals surface area contributed by atoms with Crippen molar-refractivity contribution in [2.24, 2.45) is 0 Å². The van der Waals surface area contributed by atoms with Crippen molar-refractivity contribution in [1.29, 1.82) is 0 Å². The van der Waals surface area contributed by atoms with Gasteiger partial charge in [-0.25, -0.2) is 14.8 Å². The molecule has 1 heterocycles. The molecule has 1 atom stereocenters. The van der Waals surface area contributed by atoms with E-state index < -0.39 is 18.0 Å². The minimum atomic E-state index is -1.09. The van der Waals surface area contributed by atoms with Crippen LogP contribution in [0.4, 0.5) is 4.79 Å². The van der Waals surface area contributed by atoms with Gasteiger partial charge in [-0.05, 0) is 13.0 Å². The fraction of sp³-hybridized carbons (Fsp3) is 0.333. The molecule has 0 aromatic carbocycles. The summed E-state index contributed by atoms with van der Waals surface area (Å²) in [5.74, 6) is -1.09. The molecule has 0 unspecified atom stereocenters. The number of hydrogen-bond acceptors (Lipinski definition) is 4. The fourth-order valence-electron chi connectivity index (χ4n) is 0.903. The monoisotopic (exact) mass is 224 g/mol. The molecule has 0 saturated carbocycles. The van der Waals surface area contributed by atoms with Crippen molar-refractivity contribution in [2.75, 3.05) is 0 Å². The lowest BCUT2D eigenvalue weighted by Gasteiger charge is -2.10. The largest absolute Gasteiger partial charge is 0.480 e. The highest BCUT2D eigenvalue weighted by Gasteiger charge is 2.13. The second-order valence-electron chi connectivity index (χ2n) is 3.09. The van der Waals surface area contributed by atoms with Gasteiger partial charge >= 0.3 is 12.0 Å². The Kier molecular flexibility index (Phi) is 4.19. The molecule has 1 aromatic heterocycles. The number of carbonyl (C=O) groups excluding carboxylic acids is 1. The molecule has 0 bridgehead atoms. The summed E-state index contributed by atoms with van der Waals surface area (Å²) in [6.07, 6.45) is 2.93. The summed E-state index contributed by atoms with van der Waals surface area (Å²) in [4.78, 5) is 29.3. The van der Waals surface area contributed by atoms with E-state index >= 15 is 0 Å². The quantitative estimate of drug-likeness (QED) is 0.654. The van der Waals surface area contributed by atoms with Crippen molar-refractivity contribution in [1.82, 2.24) is 20.6 Å². The molecule has 0 fully saturated rings. The maximum atomic E-state index is 11.2. The molecule has 1 rings (SSSR count). The molecule has 0 aliphatic rings. The average molecular weight is 224 g/mol. The van der Waals surface area contributed by atoms with E-state index in [4.69, 9.17) is 5.11 Å². The Hall–Kier alpha value is -2.18. The zero-order chi connectivity index (χ0) is 12.0. The minimum Gasteiger partial charge on any atom is -0.480 e. The molecular formula is C9H12N4O3. The number of nitrogens with zero attached hydrogens (tertiary/aromatic N) is 2. The summed E-state index contributed by atoms with van der Waals surface area (Å²) < 4.78 is 0. The van der Waals surface area contributed by atoms with E-state index in [1.165, 1.54) is 13.3 Å². The summed E-state index contributed by atoms with van der Waals surface area (Å²) in [7, 11) is 0. The summed E-state index contributed by atoms with van der Waals surface area (Å²) in [5, 5.41) is 13.3. The van der Waals surface area contributed by atoms with Crippen LogP contribution in [0.5, 0.6) is 0 Å². The van der Waals surface area contributed by atoms with E-state index in [1.807, 2.05) is 0 Å². The summed E-state index contributed by atoms with van der Waals surface area (Å²) in [6.45, 7) is 1.60.